The van der Waals surface area contributed by atoms with Crippen LogP contribution >= 0.6 is 0 Å². The lowest BCUT2D eigenvalue weighted by Crippen LogP contribution is -2.39. The molecule has 5 nitrogen and oxygen atoms in total. The van der Waals surface area contributed by atoms with Crippen LogP contribution in [0, 0.1) is 5.92 Å². The molecule has 126 valence electrons. The van der Waals surface area contributed by atoms with E-state index in [-0.39, 0.29) is 5.91 Å². The number of nitrogens with zero attached hydrogens (tertiary/aromatic N) is 2. The Morgan fingerprint density at radius 3 is 2.62 bits per heavy atom. The molecule has 1 aromatic carbocycles. The lowest BCUT2D eigenvalue weighted by Gasteiger charge is -2.32. The van der Waals surface area contributed by atoms with Gasteiger partial charge in [-0.15, -0.1) is 0 Å². The minimum atomic E-state index is -0.0117. The molecule has 3 rings (SSSR count). The fourth-order valence-corrected chi connectivity index (χ4v) is 2.92. The van der Waals surface area contributed by atoms with Crippen molar-refractivity contribution < 1.29 is 14.3 Å². The van der Waals surface area contributed by atoms with Gasteiger partial charge in [0.1, 0.15) is 11.3 Å². The van der Waals surface area contributed by atoms with Gasteiger partial charge in [0.25, 0.3) is 5.91 Å². The molecule has 2 aromatic rings. The highest BCUT2D eigenvalue weighted by Gasteiger charge is 2.26. The number of carbonyl (C=O) groups is 1. The maximum Gasteiger partial charge on any atom is 0.259 e. The first-order valence-corrected chi connectivity index (χ1v) is 8.24. The molecule has 2 heterocycles. The van der Waals surface area contributed by atoms with E-state index in [9.17, 15) is 4.79 Å². The molecular formula is C19H22N2O3. The Labute approximate surface area is 142 Å². The Bertz CT molecular complexity index is 667. The van der Waals surface area contributed by atoms with Gasteiger partial charge in [0.05, 0.1) is 13.7 Å². The number of rotatable bonds is 5. The average Bonchev–Trinajstić information content (AvgIpc) is 2.67. The Hall–Kier alpha value is -2.56. The van der Waals surface area contributed by atoms with E-state index < -0.39 is 0 Å². The van der Waals surface area contributed by atoms with Crippen LogP contribution < -0.4 is 9.47 Å². The third kappa shape index (κ3) is 3.85. The zero-order valence-corrected chi connectivity index (χ0v) is 13.9. The van der Waals surface area contributed by atoms with E-state index in [0.29, 0.717) is 24.0 Å². The number of benzene rings is 1. The van der Waals surface area contributed by atoms with Gasteiger partial charge in [0.2, 0.25) is 5.88 Å². The van der Waals surface area contributed by atoms with E-state index in [4.69, 9.17) is 9.47 Å². The fourth-order valence-electron chi connectivity index (χ4n) is 2.92. The number of aromatic nitrogens is 1. The van der Waals surface area contributed by atoms with E-state index in [2.05, 4.69) is 4.98 Å². The van der Waals surface area contributed by atoms with Gasteiger partial charge < -0.3 is 14.4 Å². The molecule has 1 aliphatic heterocycles. The molecular weight excluding hydrogens is 304 g/mol. The van der Waals surface area contributed by atoms with Crippen LogP contribution in [0.4, 0.5) is 0 Å². The molecule has 0 atom stereocenters. The first-order valence-electron chi connectivity index (χ1n) is 8.24. The second-order valence-corrected chi connectivity index (χ2v) is 5.92. The molecule has 0 spiro atoms. The fraction of sp³-hybridized carbons (Fsp3) is 0.368. The van der Waals surface area contributed by atoms with Crippen LogP contribution in [-0.2, 0) is 0 Å². The molecule has 0 bridgehead atoms. The number of amides is 1. The topological polar surface area (TPSA) is 51.7 Å². The van der Waals surface area contributed by atoms with Gasteiger partial charge in [-0.1, -0.05) is 18.2 Å². The Morgan fingerprint density at radius 2 is 1.92 bits per heavy atom. The summed E-state index contributed by atoms with van der Waals surface area (Å²) in [6.07, 6.45) is 3.52. The molecule has 24 heavy (non-hydrogen) atoms. The number of piperidine rings is 1. The number of para-hydroxylation sites is 1. The summed E-state index contributed by atoms with van der Waals surface area (Å²) in [5, 5.41) is 0. The molecule has 1 fully saturated rings. The van der Waals surface area contributed by atoms with Gasteiger partial charge in [-0.05, 0) is 43.0 Å². The summed E-state index contributed by atoms with van der Waals surface area (Å²) in [7, 11) is 1.53. The first-order chi connectivity index (χ1) is 11.8. The van der Waals surface area contributed by atoms with Gasteiger partial charge in [0, 0.05) is 19.3 Å². The zero-order chi connectivity index (χ0) is 16.8. The number of hydrogen-bond acceptors (Lipinski definition) is 4. The highest BCUT2D eigenvalue weighted by Crippen LogP contribution is 2.23. The molecule has 1 amide bonds. The highest BCUT2D eigenvalue weighted by molar-refractivity contribution is 5.96. The summed E-state index contributed by atoms with van der Waals surface area (Å²) in [4.78, 5) is 18.6. The van der Waals surface area contributed by atoms with Gasteiger partial charge >= 0.3 is 0 Å². The standard InChI is InChI=1S/C19H22N2O3/c1-23-18-17(8-5-11-20-18)19(22)21-12-9-15(10-13-21)14-24-16-6-3-2-4-7-16/h2-8,11,15H,9-10,12-14H2,1H3. The smallest absolute Gasteiger partial charge is 0.259 e. The average molecular weight is 326 g/mol. The van der Waals surface area contributed by atoms with Crippen molar-refractivity contribution in [3.8, 4) is 11.6 Å². The lowest BCUT2D eigenvalue weighted by molar-refractivity contribution is 0.0657. The minimum absolute atomic E-state index is 0.0117. The second kappa shape index (κ2) is 7.81. The maximum absolute atomic E-state index is 12.6. The normalized spacial score (nSPS) is 15.1. The van der Waals surface area contributed by atoms with Crippen molar-refractivity contribution in [1.29, 1.82) is 0 Å². The predicted octanol–water partition coefficient (Wildman–Crippen LogP) is 3.02. The van der Waals surface area contributed by atoms with E-state index in [1.807, 2.05) is 35.2 Å². The van der Waals surface area contributed by atoms with Crippen molar-refractivity contribution in [2.75, 3.05) is 26.8 Å². The molecule has 1 saturated heterocycles. The van der Waals surface area contributed by atoms with Crippen molar-refractivity contribution >= 4 is 5.91 Å². The Morgan fingerprint density at radius 1 is 1.17 bits per heavy atom. The quantitative estimate of drug-likeness (QED) is 0.847. The van der Waals surface area contributed by atoms with Crippen LogP contribution in [0.5, 0.6) is 11.6 Å². The largest absolute Gasteiger partial charge is 0.493 e. The van der Waals surface area contributed by atoms with E-state index in [1.165, 1.54) is 7.11 Å². The molecule has 5 heteroatoms. The number of likely N-dealkylation sites (tertiary alicyclic amines) is 1. The van der Waals surface area contributed by atoms with Gasteiger partial charge in [0.15, 0.2) is 0 Å². The second-order valence-electron chi connectivity index (χ2n) is 5.92. The molecule has 0 aliphatic carbocycles. The third-order valence-electron chi connectivity index (χ3n) is 4.33. The first kappa shape index (κ1) is 16.3. The number of hydrogen-bond donors (Lipinski definition) is 0. The number of ether oxygens (including phenoxy) is 2. The van der Waals surface area contributed by atoms with Gasteiger partial charge in [-0.3, -0.25) is 4.79 Å². The summed E-state index contributed by atoms with van der Waals surface area (Å²) in [6, 6.07) is 13.4. The van der Waals surface area contributed by atoms with Gasteiger partial charge in [-0.2, -0.15) is 0 Å². The molecule has 1 aliphatic rings. The van der Waals surface area contributed by atoms with Crippen LogP contribution in [0.25, 0.3) is 0 Å². The van der Waals surface area contributed by atoms with Crippen LogP contribution in [0.1, 0.15) is 23.2 Å². The van der Waals surface area contributed by atoms with Crippen molar-refractivity contribution in [3.05, 3.63) is 54.2 Å². The minimum Gasteiger partial charge on any atom is -0.493 e. The monoisotopic (exact) mass is 326 g/mol. The Balaban J connectivity index is 1.52. The lowest BCUT2D eigenvalue weighted by atomic mass is 9.97. The van der Waals surface area contributed by atoms with Crippen LogP contribution in [0.15, 0.2) is 48.7 Å². The number of methoxy groups -OCH3 is 1. The van der Waals surface area contributed by atoms with Crippen molar-refractivity contribution in [2.45, 2.75) is 12.8 Å². The van der Waals surface area contributed by atoms with Crippen molar-refractivity contribution in [3.63, 3.8) is 0 Å². The van der Waals surface area contributed by atoms with Crippen LogP contribution in [-0.4, -0.2) is 42.6 Å². The van der Waals surface area contributed by atoms with Crippen molar-refractivity contribution in [2.24, 2.45) is 5.92 Å². The molecule has 0 saturated carbocycles. The molecule has 0 N–H and O–H groups in total. The molecule has 0 radical (unpaired) electrons. The summed E-state index contributed by atoms with van der Waals surface area (Å²) in [5.41, 5.74) is 0.527. The summed E-state index contributed by atoms with van der Waals surface area (Å²) >= 11 is 0. The zero-order valence-electron chi connectivity index (χ0n) is 13.9. The summed E-state index contributed by atoms with van der Waals surface area (Å²) in [6.45, 7) is 2.17. The van der Waals surface area contributed by atoms with Gasteiger partial charge in [-0.25, -0.2) is 4.98 Å². The van der Waals surface area contributed by atoms with E-state index in [0.717, 1.165) is 31.7 Å². The van der Waals surface area contributed by atoms with Crippen LogP contribution in [0.2, 0.25) is 0 Å². The summed E-state index contributed by atoms with van der Waals surface area (Å²) < 4.78 is 11.0. The van der Waals surface area contributed by atoms with E-state index >= 15 is 0 Å². The maximum atomic E-state index is 12.6. The highest BCUT2D eigenvalue weighted by atomic mass is 16.5. The third-order valence-corrected chi connectivity index (χ3v) is 4.33. The number of pyridine rings is 1. The number of carbonyl (C=O) groups excluding carboxylic acids is 1. The predicted molar refractivity (Wildman–Crippen MR) is 91.4 cm³/mol. The molecule has 0 unspecified atom stereocenters. The van der Waals surface area contributed by atoms with E-state index in [1.54, 1.807) is 18.3 Å². The van der Waals surface area contributed by atoms with Crippen LogP contribution in [0.3, 0.4) is 0 Å². The SMILES string of the molecule is COc1ncccc1C(=O)N1CCC(COc2ccccc2)CC1. The van der Waals surface area contributed by atoms with Crippen molar-refractivity contribution in [1.82, 2.24) is 9.88 Å². The Kier molecular flexibility index (Phi) is 5.31. The molecule has 1 aromatic heterocycles. The summed E-state index contributed by atoms with van der Waals surface area (Å²) in [5.74, 6) is 1.75.